The van der Waals surface area contributed by atoms with Gasteiger partial charge < -0.3 is 9.47 Å². The van der Waals surface area contributed by atoms with Gasteiger partial charge in [0.05, 0.1) is 24.3 Å². The van der Waals surface area contributed by atoms with E-state index < -0.39 is 0 Å². The first-order chi connectivity index (χ1) is 20.2. The van der Waals surface area contributed by atoms with Crippen LogP contribution in [-0.2, 0) is 9.47 Å². The molecule has 0 fully saturated rings. The highest BCUT2D eigenvalue weighted by Crippen LogP contribution is 2.34. The minimum absolute atomic E-state index is 0.197. The van der Waals surface area contributed by atoms with Gasteiger partial charge in [0.1, 0.15) is 0 Å². The van der Waals surface area contributed by atoms with Crippen molar-refractivity contribution in [1.29, 1.82) is 0 Å². The molecule has 240 valence electrons. The monoisotopic (exact) mass is 592 g/mol. The molecule has 0 atom stereocenters. The summed E-state index contributed by atoms with van der Waals surface area (Å²) in [5.74, 6) is 1.43. The minimum Gasteiger partial charge on any atom is -0.462 e. The summed E-state index contributed by atoms with van der Waals surface area (Å²) in [7, 11) is 0. The van der Waals surface area contributed by atoms with E-state index >= 15 is 0 Å². The van der Waals surface area contributed by atoms with Crippen LogP contribution in [0.5, 0.6) is 0 Å². The fourth-order valence-electron chi connectivity index (χ4n) is 5.59. The second-order valence-corrected chi connectivity index (χ2v) is 14.1. The van der Waals surface area contributed by atoms with E-state index in [4.69, 9.17) is 9.47 Å². The highest BCUT2D eigenvalue weighted by atomic mass is 16.5. The van der Waals surface area contributed by atoms with Gasteiger partial charge in [-0.3, -0.25) is 0 Å². The molecule has 0 saturated heterocycles. The van der Waals surface area contributed by atoms with Gasteiger partial charge in [0, 0.05) is 0 Å². The molecule has 4 nitrogen and oxygen atoms in total. The largest absolute Gasteiger partial charge is 0.462 e. The third-order valence-electron chi connectivity index (χ3n) is 8.43. The number of benzene rings is 2. The number of rotatable bonds is 16. The van der Waals surface area contributed by atoms with Crippen LogP contribution in [0.25, 0.3) is 0 Å². The fraction of sp³-hybridized carbons (Fsp3) is 0.641. The molecule has 0 unspecified atom stereocenters. The van der Waals surface area contributed by atoms with Crippen molar-refractivity contribution < 1.29 is 19.1 Å². The average Bonchev–Trinajstić information content (AvgIpc) is 2.94. The second kappa shape index (κ2) is 17.0. The van der Waals surface area contributed by atoms with Gasteiger partial charge in [-0.2, -0.15) is 0 Å². The Bertz CT molecular complexity index is 1050. The van der Waals surface area contributed by atoms with Crippen molar-refractivity contribution in [3.8, 4) is 0 Å². The summed E-state index contributed by atoms with van der Waals surface area (Å²) in [4.78, 5) is 26.5. The molecule has 4 heteroatoms. The van der Waals surface area contributed by atoms with Crippen LogP contribution in [0.4, 0.5) is 0 Å². The lowest BCUT2D eigenvalue weighted by Gasteiger charge is -2.22. The van der Waals surface area contributed by atoms with Gasteiger partial charge in [0.25, 0.3) is 0 Å². The smallest absolute Gasteiger partial charge is 0.338 e. The number of unbranched alkanes of at least 4 members (excludes halogenated alkanes) is 4. The number of hydrogen-bond donors (Lipinski definition) is 0. The maximum Gasteiger partial charge on any atom is 0.338 e. The quantitative estimate of drug-likeness (QED) is 0.144. The van der Waals surface area contributed by atoms with E-state index in [0.29, 0.717) is 25.0 Å². The summed E-state index contributed by atoms with van der Waals surface area (Å²) < 4.78 is 11.6. The summed E-state index contributed by atoms with van der Waals surface area (Å²) >= 11 is 0. The van der Waals surface area contributed by atoms with Crippen molar-refractivity contribution in [3.63, 3.8) is 0 Å². The van der Waals surface area contributed by atoms with E-state index in [9.17, 15) is 9.59 Å². The van der Waals surface area contributed by atoms with Gasteiger partial charge in [-0.1, -0.05) is 127 Å². The van der Waals surface area contributed by atoms with Crippen LogP contribution < -0.4 is 0 Å². The fourth-order valence-corrected chi connectivity index (χ4v) is 5.59. The summed E-state index contributed by atoms with van der Waals surface area (Å²) in [5.41, 5.74) is 8.43. The Labute approximate surface area is 263 Å². The molecular formula is C39H60O4. The zero-order chi connectivity index (χ0) is 32.4. The first-order valence-electron chi connectivity index (χ1n) is 16.9. The number of carbonyl (C=O) groups is 2. The van der Waals surface area contributed by atoms with Crippen molar-refractivity contribution in [1.82, 2.24) is 0 Å². The lowest BCUT2D eigenvalue weighted by molar-refractivity contribution is 0.0492. The maximum absolute atomic E-state index is 13.2. The summed E-state index contributed by atoms with van der Waals surface area (Å²) in [5, 5.41) is 0. The van der Waals surface area contributed by atoms with Crippen LogP contribution in [-0.4, -0.2) is 25.2 Å². The lowest BCUT2D eigenvalue weighted by atomic mass is 9.84. The van der Waals surface area contributed by atoms with Crippen molar-refractivity contribution in [2.75, 3.05) is 13.2 Å². The number of ether oxygens (including phenoxy) is 2. The maximum atomic E-state index is 13.2. The Morgan fingerprint density at radius 1 is 0.442 bits per heavy atom. The SMILES string of the molecule is CC(C)c1cc(C(C)C)c(C(=O)OCCCCCCCOC(=O)c2c(C(C)C)cc(C(C)C)cc2C(C)C)c(C(C)C)c1. The van der Waals surface area contributed by atoms with E-state index in [1.54, 1.807) is 0 Å². The van der Waals surface area contributed by atoms with Crippen LogP contribution >= 0.6 is 0 Å². The molecule has 0 bridgehead atoms. The standard InChI is InChI=1S/C39H60O4/c1-24(2)30-20-32(26(5)6)36(33(21-30)27(7)8)38(40)42-18-16-14-13-15-17-19-43-39(41)37-34(28(9)10)22-31(25(3)4)23-35(37)29(11)12/h20-29H,13-19H2,1-12H3. The number of esters is 2. The van der Waals surface area contributed by atoms with Gasteiger partial charge in [-0.05, 0) is 81.7 Å². The zero-order valence-electron chi connectivity index (χ0n) is 29.4. The molecule has 0 saturated carbocycles. The van der Waals surface area contributed by atoms with E-state index in [1.165, 1.54) is 11.1 Å². The lowest BCUT2D eigenvalue weighted by Crippen LogP contribution is -2.15. The van der Waals surface area contributed by atoms with Crippen molar-refractivity contribution in [2.24, 2.45) is 0 Å². The van der Waals surface area contributed by atoms with Gasteiger partial charge in [-0.25, -0.2) is 9.59 Å². The molecule has 0 radical (unpaired) electrons. The molecule has 0 heterocycles. The highest BCUT2D eigenvalue weighted by Gasteiger charge is 2.24. The second-order valence-electron chi connectivity index (χ2n) is 14.1. The minimum atomic E-state index is -0.197. The van der Waals surface area contributed by atoms with Gasteiger partial charge in [-0.15, -0.1) is 0 Å². The predicted octanol–water partition coefficient (Wildman–Crippen LogP) is 11.4. The number of carbonyl (C=O) groups excluding carboxylic acids is 2. The van der Waals surface area contributed by atoms with Gasteiger partial charge >= 0.3 is 11.9 Å². The summed E-state index contributed by atoms with van der Waals surface area (Å²) in [6, 6.07) is 8.77. The summed E-state index contributed by atoms with van der Waals surface area (Å²) in [6.07, 6.45) is 4.65. The third-order valence-corrected chi connectivity index (χ3v) is 8.43. The molecule has 0 aromatic heterocycles. The zero-order valence-corrected chi connectivity index (χ0v) is 29.4. The molecule has 43 heavy (non-hydrogen) atoms. The molecule has 0 spiro atoms. The highest BCUT2D eigenvalue weighted by molar-refractivity contribution is 5.94. The molecule has 2 aromatic carbocycles. The van der Waals surface area contributed by atoms with E-state index in [2.05, 4.69) is 107 Å². The van der Waals surface area contributed by atoms with Crippen LogP contribution in [0.3, 0.4) is 0 Å². The normalized spacial score (nSPS) is 12.0. The van der Waals surface area contributed by atoms with E-state index in [1.807, 2.05) is 0 Å². The Morgan fingerprint density at radius 3 is 0.930 bits per heavy atom. The van der Waals surface area contributed by atoms with Crippen LogP contribution in [0, 0.1) is 0 Å². The third kappa shape index (κ3) is 10.2. The average molecular weight is 593 g/mol. The van der Waals surface area contributed by atoms with Crippen molar-refractivity contribution >= 4 is 11.9 Å². The Hall–Kier alpha value is -2.62. The molecule has 0 aliphatic carbocycles. The molecule has 0 aliphatic rings. The number of hydrogen-bond acceptors (Lipinski definition) is 4. The van der Waals surface area contributed by atoms with E-state index in [0.717, 1.165) is 65.5 Å². The van der Waals surface area contributed by atoms with Crippen LogP contribution in [0.2, 0.25) is 0 Å². The first-order valence-corrected chi connectivity index (χ1v) is 16.9. The molecule has 2 rings (SSSR count). The van der Waals surface area contributed by atoms with Crippen LogP contribution in [0.15, 0.2) is 24.3 Å². The van der Waals surface area contributed by atoms with E-state index in [-0.39, 0.29) is 35.6 Å². The molecule has 0 aliphatic heterocycles. The predicted molar refractivity (Wildman–Crippen MR) is 181 cm³/mol. The Morgan fingerprint density at radius 2 is 0.698 bits per heavy atom. The topological polar surface area (TPSA) is 52.6 Å². The Balaban J connectivity index is 1.87. The molecule has 2 aromatic rings. The van der Waals surface area contributed by atoms with Crippen molar-refractivity contribution in [3.05, 3.63) is 68.8 Å². The first kappa shape index (κ1) is 36.6. The summed E-state index contributed by atoms with van der Waals surface area (Å²) in [6.45, 7) is 26.8. The van der Waals surface area contributed by atoms with Gasteiger partial charge in [0.2, 0.25) is 0 Å². The Kier molecular flexibility index (Phi) is 14.5. The molecule has 0 amide bonds. The molecule has 0 N–H and O–H groups in total. The van der Waals surface area contributed by atoms with Crippen LogP contribution in [0.1, 0.15) is 205 Å². The molecular weight excluding hydrogens is 532 g/mol. The van der Waals surface area contributed by atoms with Crippen molar-refractivity contribution in [2.45, 2.75) is 151 Å². The van der Waals surface area contributed by atoms with Gasteiger partial charge in [0.15, 0.2) is 0 Å².